The number of alkyl halides is 3. The molecule has 0 spiro atoms. The maximum Gasteiger partial charge on any atom is 0.416 e. The highest BCUT2D eigenvalue weighted by Gasteiger charge is 2.42. The standard InChI is InChI=1S/C31H37F3N2O4S/c1-5-39-29(37)25-21(3)36(4)28(41-18-11-10-17-35-20-22-13-8-7-9-14-22)27(30(38)40-6-2)26(25)23-15-12-16-24(19-23)31(32,33)34/h7-9,12-16,19,26,35H,5-6,10-11,17-18,20H2,1-4H3. The summed E-state index contributed by atoms with van der Waals surface area (Å²) in [5.41, 5.74) is 1.26. The van der Waals surface area contributed by atoms with Gasteiger partial charge in [-0.15, -0.1) is 11.8 Å². The van der Waals surface area contributed by atoms with Crippen LogP contribution in [0.4, 0.5) is 13.2 Å². The fourth-order valence-electron chi connectivity index (χ4n) is 4.63. The smallest absolute Gasteiger partial charge is 0.416 e. The van der Waals surface area contributed by atoms with Crippen LogP contribution in [0.25, 0.3) is 0 Å². The number of thioether (sulfide) groups is 1. The quantitative estimate of drug-likeness (QED) is 0.207. The van der Waals surface area contributed by atoms with E-state index in [0.29, 0.717) is 16.5 Å². The van der Waals surface area contributed by atoms with Crippen LogP contribution in [0.15, 0.2) is 76.5 Å². The van der Waals surface area contributed by atoms with E-state index in [0.717, 1.165) is 38.1 Å². The Morgan fingerprint density at radius 3 is 2.24 bits per heavy atom. The molecule has 0 saturated heterocycles. The van der Waals surface area contributed by atoms with Crippen LogP contribution in [-0.2, 0) is 31.8 Å². The van der Waals surface area contributed by atoms with E-state index < -0.39 is 29.6 Å². The van der Waals surface area contributed by atoms with Crippen LogP contribution in [0, 0.1) is 0 Å². The number of nitrogens with zero attached hydrogens (tertiary/aromatic N) is 1. The van der Waals surface area contributed by atoms with Gasteiger partial charge in [-0.2, -0.15) is 13.2 Å². The summed E-state index contributed by atoms with van der Waals surface area (Å²) in [5, 5.41) is 3.97. The number of carbonyl (C=O) groups is 2. The van der Waals surface area contributed by atoms with Gasteiger partial charge in [-0.25, -0.2) is 9.59 Å². The van der Waals surface area contributed by atoms with Crippen molar-refractivity contribution in [3.8, 4) is 0 Å². The van der Waals surface area contributed by atoms with Crippen LogP contribution >= 0.6 is 11.8 Å². The molecular weight excluding hydrogens is 553 g/mol. The van der Waals surface area contributed by atoms with Gasteiger partial charge in [0, 0.05) is 19.3 Å². The molecule has 3 rings (SSSR count). The molecule has 0 radical (unpaired) electrons. The molecule has 0 saturated carbocycles. The number of hydrogen-bond donors (Lipinski definition) is 1. The van der Waals surface area contributed by atoms with E-state index >= 15 is 0 Å². The zero-order chi connectivity index (χ0) is 30.0. The van der Waals surface area contributed by atoms with Crippen molar-refractivity contribution in [1.82, 2.24) is 10.2 Å². The van der Waals surface area contributed by atoms with E-state index in [-0.39, 0.29) is 29.9 Å². The summed E-state index contributed by atoms with van der Waals surface area (Å²) in [6, 6.07) is 14.8. The van der Waals surface area contributed by atoms with Crippen molar-refractivity contribution in [3.63, 3.8) is 0 Å². The lowest BCUT2D eigenvalue weighted by molar-refractivity contribution is -0.140. The number of rotatable bonds is 13. The maximum atomic E-state index is 13.7. The topological polar surface area (TPSA) is 67.9 Å². The van der Waals surface area contributed by atoms with E-state index in [1.165, 1.54) is 29.5 Å². The number of benzene rings is 2. The highest BCUT2D eigenvalue weighted by molar-refractivity contribution is 8.03. The molecule has 41 heavy (non-hydrogen) atoms. The minimum atomic E-state index is -4.59. The van der Waals surface area contributed by atoms with E-state index in [2.05, 4.69) is 17.4 Å². The number of allylic oxidation sites excluding steroid dienone is 1. The Kier molecular flexibility index (Phi) is 11.9. The van der Waals surface area contributed by atoms with Crippen molar-refractivity contribution < 1.29 is 32.2 Å². The SMILES string of the molecule is CCOC(=O)C1=C(C)N(C)C(SCCCCNCc2ccccc2)=C(C(=O)OCC)C1c1cccc(C(F)(F)F)c1. The highest BCUT2D eigenvalue weighted by atomic mass is 32.2. The van der Waals surface area contributed by atoms with Gasteiger partial charge in [0.1, 0.15) is 0 Å². The number of ether oxygens (including phenoxy) is 2. The molecule has 2 aromatic carbocycles. The lowest BCUT2D eigenvalue weighted by Crippen LogP contribution is -2.34. The van der Waals surface area contributed by atoms with Crippen LogP contribution in [0.2, 0.25) is 0 Å². The van der Waals surface area contributed by atoms with Crippen molar-refractivity contribution in [2.75, 3.05) is 32.6 Å². The molecule has 1 heterocycles. The summed E-state index contributed by atoms with van der Waals surface area (Å²) in [4.78, 5) is 28.4. The van der Waals surface area contributed by atoms with Gasteiger partial charge in [-0.05, 0) is 63.1 Å². The van der Waals surface area contributed by atoms with Crippen molar-refractivity contribution in [2.24, 2.45) is 0 Å². The Hall–Kier alpha value is -3.24. The minimum absolute atomic E-state index is 0.0732. The first-order valence-corrected chi connectivity index (χ1v) is 14.7. The number of halogens is 3. The predicted octanol–water partition coefficient (Wildman–Crippen LogP) is 6.65. The molecule has 6 nitrogen and oxygen atoms in total. The highest BCUT2D eigenvalue weighted by Crippen LogP contribution is 2.46. The monoisotopic (exact) mass is 590 g/mol. The first kappa shape index (κ1) is 32.3. The minimum Gasteiger partial charge on any atom is -0.463 e. The summed E-state index contributed by atoms with van der Waals surface area (Å²) in [6.07, 6.45) is -2.86. The van der Waals surface area contributed by atoms with Crippen LogP contribution in [0.5, 0.6) is 0 Å². The second-order valence-corrected chi connectivity index (χ2v) is 10.6. The Morgan fingerprint density at radius 2 is 1.61 bits per heavy atom. The van der Waals surface area contributed by atoms with Crippen LogP contribution in [-0.4, -0.2) is 49.4 Å². The molecule has 222 valence electrons. The molecule has 0 fully saturated rings. The summed E-state index contributed by atoms with van der Waals surface area (Å²) < 4.78 is 51.7. The Labute approximate surface area is 244 Å². The van der Waals surface area contributed by atoms with Crippen LogP contribution in [0.1, 0.15) is 56.2 Å². The molecule has 0 aliphatic carbocycles. The van der Waals surface area contributed by atoms with Gasteiger partial charge in [0.05, 0.1) is 40.9 Å². The Balaban J connectivity index is 1.91. The molecule has 0 amide bonds. The van der Waals surface area contributed by atoms with Gasteiger partial charge in [-0.1, -0.05) is 48.5 Å². The number of hydrogen-bond acceptors (Lipinski definition) is 7. The average molecular weight is 591 g/mol. The zero-order valence-corrected chi connectivity index (χ0v) is 24.7. The maximum absolute atomic E-state index is 13.7. The van der Waals surface area contributed by atoms with E-state index in [1.807, 2.05) is 18.2 Å². The third-order valence-corrected chi connectivity index (χ3v) is 7.96. The number of carbonyl (C=O) groups excluding carboxylic acids is 2. The van der Waals surface area contributed by atoms with Crippen molar-refractivity contribution in [2.45, 2.75) is 52.3 Å². The zero-order valence-electron chi connectivity index (χ0n) is 23.8. The normalized spacial score (nSPS) is 15.8. The molecule has 1 atom stereocenters. The van der Waals surface area contributed by atoms with Gasteiger partial charge in [-0.3, -0.25) is 0 Å². The number of esters is 2. The molecule has 1 aliphatic rings. The summed E-state index contributed by atoms with van der Waals surface area (Å²) in [6.45, 7) is 6.76. The first-order valence-electron chi connectivity index (χ1n) is 13.7. The number of unbranched alkanes of at least 4 members (excludes halogenated alkanes) is 1. The van der Waals surface area contributed by atoms with Gasteiger partial charge < -0.3 is 19.7 Å². The molecule has 1 aliphatic heterocycles. The van der Waals surface area contributed by atoms with E-state index in [1.54, 1.807) is 32.7 Å². The summed E-state index contributed by atoms with van der Waals surface area (Å²) in [7, 11) is 1.74. The Morgan fingerprint density at radius 1 is 0.951 bits per heavy atom. The molecule has 2 aromatic rings. The van der Waals surface area contributed by atoms with Crippen molar-refractivity contribution in [1.29, 1.82) is 0 Å². The van der Waals surface area contributed by atoms with E-state index in [9.17, 15) is 22.8 Å². The third-order valence-electron chi connectivity index (χ3n) is 6.70. The largest absolute Gasteiger partial charge is 0.463 e. The Bertz CT molecular complexity index is 1260. The number of nitrogens with one attached hydrogen (secondary N) is 1. The van der Waals surface area contributed by atoms with Crippen molar-refractivity contribution in [3.05, 3.63) is 93.2 Å². The molecule has 10 heteroatoms. The van der Waals surface area contributed by atoms with Crippen LogP contribution in [0.3, 0.4) is 0 Å². The molecule has 1 unspecified atom stereocenters. The van der Waals surface area contributed by atoms with Crippen molar-refractivity contribution >= 4 is 23.7 Å². The van der Waals surface area contributed by atoms with E-state index in [4.69, 9.17) is 9.47 Å². The predicted molar refractivity (Wildman–Crippen MR) is 155 cm³/mol. The molecule has 0 bridgehead atoms. The molecule has 1 N–H and O–H groups in total. The van der Waals surface area contributed by atoms with Crippen LogP contribution < -0.4 is 5.32 Å². The van der Waals surface area contributed by atoms with Gasteiger partial charge in [0.2, 0.25) is 0 Å². The third kappa shape index (κ3) is 8.39. The summed E-state index contributed by atoms with van der Waals surface area (Å²) in [5.74, 6) is -1.79. The van der Waals surface area contributed by atoms with Gasteiger partial charge >= 0.3 is 18.1 Å². The lowest BCUT2D eigenvalue weighted by Gasteiger charge is -2.36. The molecule has 0 aromatic heterocycles. The lowest BCUT2D eigenvalue weighted by atomic mass is 9.81. The second kappa shape index (κ2) is 15.1. The average Bonchev–Trinajstić information content (AvgIpc) is 2.94. The van der Waals surface area contributed by atoms with Gasteiger partial charge in [0.15, 0.2) is 0 Å². The fraction of sp³-hybridized carbons (Fsp3) is 0.419. The van der Waals surface area contributed by atoms with Gasteiger partial charge in [0.25, 0.3) is 0 Å². The first-order chi connectivity index (χ1) is 19.6. The molecular formula is C31H37F3N2O4S. The second-order valence-electron chi connectivity index (χ2n) is 9.49. The fourth-order valence-corrected chi connectivity index (χ4v) is 5.86. The summed E-state index contributed by atoms with van der Waals surface area (Å²) >= 11 is 1.43.